The van der Waals surface area contributed by atoms with Crippen molar-refractivity contribution in [1.29, 1.82) is 0 Å². The van der Waals surface area contributed by atoms with E-state index < -0.39 is 0 Å². The number of rotatable bonds is 3. The Bertz CT molecular complexity index is 471. The number of aromatic nitrogens is 3. The van der Waals surface area contributed by atoms with Crippen LogP contribution in [0.5, 0.6) is 0 Å². The van der Waals surface area contributed by atoms with E-state index in [4.69, 9.17) is 0 Å². The summed E-state index contributed by atoms with van der Waals surface area (Å²) >= 11 is 0. The SMILES string of the molecule is c1cncc(-c2cncn2CC2CCCN2)c1. The molecule has 2 aromatic heterocycles. The Kier molecular flexibility index (Phi) is 2.88. The van der Waals surface area contributed by atoms with Crippen molar-refractivity contribution in [2.45, 2.75) is 25.4 Å². The fraction of sp³-hybridized carbons (Fsp3) is 0.385. The summed E-state index contributed by atoms with van der Waals surface area (Å²) in [5, 5.41) is 3.51. The first-order chi connectivity index (χ1) is 8.43. The predicted octanol–water partition coefficient (Wildman–Crippen LogP) is 1.70. The zero-order valence-electron chi connectivity index (χ0n) is 9.71. The van der Waals surface area contributed by atoms with Crippen LogP contribution in [0.1, 0.15) is 12.8 Å². The summed E-state index contributed by atoms with van der Waals surface area (Å²) in [7, 11) is 0. The minimum atomic E-state index is 0.583. The van der Waals surface area contributed by atoms with Crippen LogP contribution in [0, 0.1) is 0 Å². The molecule has 2 aromatic rings. The van der Waals surface area contributed by atoms with Gasteiger partial charge in [-0.2, -0.15) is 0 Å². The molecular weight excluding hydrogens is 212 g/mol. The van der Waals surface area contributed by atoms with Crippen LogP contribution in [0.4, 0.5) is 0 Å². The zero-order valence-corrected chi connectivity index (χ0v) is 9.71. The molecule has 0 aromatic carbocycles. The minimum absolute atomic E-state index is 0.583. The van der Waals surface area contributed by atoms with Gasteiger partial charge in [-0.1, -0.05) is 0 Å². The quantitative estimate of drug-likeness (QED) is 0.869. The summed E-state index contributed by atoms with van der Waals surface area (Å²) in [6.07, 6.45) is 10.0. The van der Waals surface area contributed by atoms with Gasteiger partial charge in [-0.05, 0) is 31.5 Å². The fourth-order valence-electron chi connectivity index (χ4n) is 2.37. The molecule has 1 N–H and O–H groups in total. The van der Waals surface area contributed by atoms with Crippen molar-refractivity contribution >= 4 is 0 Å². The first-order valence-corrected chi connectivity index (χ1v) is 6.07. The lowest BCUT2D eigenvalue weighted by molar-refractivity contribution is 0.512. The van der Waals surface area contributed by atoms with Gasteiger partial charge in [0.25, 0.3) is 0 Å². The van der Waals surface area contributed by atoms with Crippen molar-refractivity contribution < 1.29 is 0 Å². The van der Waals surface area contributed by atoms with Crippen LogP contribution < -0.4 is 5.32 Å². The monoisotopic (exact) mass is 228 g/mol. The van der Waals surface area contributed by atoms with Gasteiger partial charge in [-0.15, -0.1) is 0 Å². The second-order valence-corrected chi connectivity index (χ2v) is 4.47. The summed E-state index contributed by atoms with van der Waals surface area (Å²) < 4.78 is 2.21. The summed E-state index contributed by atoms with van der Waals surface area (Å²) in [6.45, 7) is 2.13. The molecule has 1 fully saturated rings. The van der Waals surface area contributed by atoms with Crippen molar-refractivity contribution in [2.75, 3.05) is 6.54 Å². The van der Waals surface area contributed by atoms with E-state index in [1.54, 1.807) is 6.20 Å². The van der Waals surface area contributed by atoms with E-state index >= 15 is 0 Å². The molecule has 1 atom stereocenters. The topological polar surface area (TPSA) is 42.7 Å². The summed E-state index contributed by atoms with van der Waals surface area (Å²) in [6, 6.07) is 4.61. The van der Waals surface area contributed by atoms with Crippen LogP contribution in [0.3, 0.4) is 0 Å². The number of hydrogen-bond acceptors (Lipinski definition) is 3. The summed E-state index contributed by atoms with van der Waals surface area (Å²) in [5.41, 5.74) is 2.27. The van der Waals surface area contributed by atoms with E-state index in [1.165, 1.54) is 12.8 Å². The molecule has 0 amide bonds. The van der Waals surface area contributed by atoms with Crippen molar-refractivity contribution in [2.24, 2.45) is 0 Å². The van der Waals surface area contributed by atoms with Gasteiger partial charge >= 0.3 is 0 Å². The van der Waals surface area contributed by atoms with Crippen LogP contribution in [-0.4, -0.2) is 27.1 Å². The number of hydrogen-bond donors (Lipinski definition) is 1. The van der Waals surface area contributed by atoms with E-state index in [0.29, 0.717) is 6.04 Å². The van der Waals surface area contributed by atoms with Gasteiger partial charge in [-0.25, -0.2) is 4.98 Å². The molecule has 1 saturated heterocycles. The molecule has 3 heterocycles. The average Bonchev–Trinajstić information content (AvgIpc) is 3.02. The first-order valence-electron chi connectivity index (χ1n) is 6.07. The van der Waals surface area contributed by atoms with Crippen LogP contribution in [0.15, 0.2) is 37.1 Å². The van der Waals surface area contributed by atoms with E-state index in [9.17, 15) is 0 Å². The Morgan fingerprint density at radius 1 is 1.35 bits per heavy atom. The smallest absolute Gasteiger partial charge is 0.0951 e. The lowest BCUT2D eigenvalue weighted by Crippen LogP contribution is -2.26. The first kappa shape index (κ1) is 10.5. The molecule has 1 aliphatic heterocycles. The van der Waals surface area contributed by atoms with Crippen LogP contribution in [-0.2, 0) is 6.54 Å². The third-order valence-electron chi connectivity index (χ3n) is 3.25. The molecule has 4 nitrogen and oxygen atoms in total. The second kappa shape index (κ2) is 4.67. The van der Waals surface area contributed by atoms with Gasteiger partial charge < -0.3 is 9.88 Å². The standard InChI is InChI=1S/C13H16N4/c1-3-11(7-14-5-1)13-8-15-10-17(13)9-12-4-2-6-16-12/h1,3,5,7-8,10,12,16H,2,4,6,9H2. The summed E-state index contributed by atoms with van der Waals surface area (Å²) in [5.74, 6) is 0. The lowest BCUT2D eigenvalue weighted by Gasteiger charge is -2.13. The maximum absolute atomic E-state index is 4.25. The second-order valence-electron chi connectivity index (χ2n) is 4.47. The molecule has 0 spiro atoms. The lowest BCUT2D eigenvalue weighted by atomic mass is 10.2. The Morgan fingerprint density at radius 3 is 3.12 bits per heavy atom. The molecule has 1 aliphatic rings. The fourth-order valence-corrected chi connectivity index (χ4v) is 2.37. The molecule has 88 valence electrons. The number of nitrogens with one attached hydrogen (secondary N) is 1. The van der Waals surface area contributed by atoms with Gasteiger partial charge in [0.15, 0.2) is 0 Å². The molecule has 4 heteroatoms. The Balaban J connectivity index is 1.84. The highest BCUT2D eigenvalue weighted by Gasteiger charge is 2.16. The van der Waals surface area contributed by atoms with Crippen molar-refractivity contribution in [3.05, 3.63) is 37.1 Å². The van der Waals surface area contributed by atoms with E-state index in [2.05, 4.69) is 25.9 Å². The van der Waals surface area contributed by atoms with Crippen LogP contribution in [0.2, 0.25) is 0 Å². The number of nitrogens with zero attached hydrogens (tertiary/aromatic N) is 3. The van der Waals surface area contributed by atoms with Gasteiger partial charge in [-0.3, -0.25) is 4.98 Å². The molecule has 1 unspecified atom stereocenters. The Labute approximate surface area is 101 Å². The van der Waals surface area contributed by atoms with E-state index in [0.717, 1.165) is 24.3 Å². The third-order valence-corrected chi connectivity index (χ3v) is 3.25. The molecule has 3 rings (SSSR count). The largest absolute Gasteiger partial charge is 0.329 e. The van der Waals surface area contributed by atoms with Gasteiger partial charge in [0, 0.05) is 30.5 Å². The number of imidazole rings is 1. The highest BCUT2D eigenvalue weighted by atomic mass is 15.1. The molecular formula is C13H16N4. The Morgan fingerprint density at radius 2 is 2.35 bits per heavy atom. The maximum Gasteiger partial charge on any atom is 0.0951 e. The predicted molar refractivity (Wildman–Crippen MR) is 66.5 cm³/mol. The summed E-state index contributed by atoms with van der Waals surface area (Å²) in [4.78, 5) is 8.40. The average molecular weight is 228 g/mol. The van der Waals surface area contributed by atoms with E-state index in [-0.39, 0.29) is 0 Å². The Hall–Kier alpha value is -1.68. The highest BCUT2D eigenvalue weighted by Crippen LogP contribution is 2.19. The molecule has 0 aliphatic carbocycles. The van der Waals surface area contributed by atoms with E-state index in [1.807, 2.05) is 24.8 Å². The normalized spacial score (nSPS) is 19.6. The molecule has 0 saturated carbocycles. The highest BCUT2D eigenvalue weighted by molar-refractivity contribution is 5.57. The van der Waals surface area contributed by atoms with Crippen LogP contribution in [0.25, 0.3) is 11.3 Å². The van der Waals surface area contributed by atoms with Gasteiger partial charge in [0.1, 0.15) is 0 Å². The van der Waals surface area contributed by atoms with Crippen molar-refractivity contribution in [3.8, 4) is 11.3 Å². The van der Waals surface area contributed by atoms with Crippen molar-refractivity contribution in [3.63, 3.8) is 0 Å². The molecule has 0 bridgehead atoms. The molecule has 17 heavy (non-hydrogen) atoms. The zero-order chi connectivity index (χ0) is 11.5. The van der Waals surface area contributed by atoms with Gasteiger partial charge in [0.2, 0.25) is 0 Å². The van der Waals surface area contributed by atoms with Gasteiger partial charge in [0.05, 0.1) is 18.2 Å². The number of pyridine rings is 1. The van der Waals surface area contributed by atoms with Crippen LogP contribution >= 0.6 is 0 Å². The third kappa shape index (κ3) is 2.22. The van der Waals surface area contributed by atoms with Crippen molar-refractivity contribution in [1.82, 2.24) is 19.9 Å². The molecule has 0 radical (unpaired) electrons. The maximum atomic E-state index is 4.25. The minimum Gasteiger partial charge on any atom is -0.329 e.